The van der Waals surface area contributed by atoms with Gasteiger partial charge in [-0.15, -0.1) is 11.8 Å². The van der Waals surface area contributed by atoms with Gasteiger partial charge in [0.1, 0.15) is 16.9 Å². The standard InChI is InChI=1S/C18H16FN3OS/c1-24-18-15(9-20)14(8-16(22-18)12-4-5-12)17(23)21-10-11-2-6-13(19)7-3-11/h2-3,6-8,12H,4-5,10H2,1H3,(H,21,23). The van der Waals surface area contributed by atoms with E-state index in [1.54, 1.807) is 18.2 Å². The number of nitrogens with one attached hydrogen (secondary N) is 1. The third kappa shape index (κ3) is 3.57. The lowest BCUT2D eigenvalue weighted by Gasteiger charge is -2.11. The first-order valence-electron chi connectivity index (χ1n) is 7.64. The fourth-order valence-corrected chi connectivity index (χ4v) is 3.00. The van der Waals surface area contributed by atoms with Gasteiger partial charge in [0.25, 0.3) is 5.91 Å². The summed E-state index contributed by atoms with van der Waals surface area (Å²) in [7, 11) is 0. The van der Waals surface area contributed by atoms with Crippen LogP contribution in [0.2, 0.25) is 0 Å². The fourth-order valence-electron chi connectivity index (χ4n) is 2.44. The van der Waals surface area contributed by atoms with Crippen molar-refractivity contribution in [3.05, 3.63) is 58.5 Å². The van der Waals surface area contributed by atoms with Crippen molar-refractivity contribution in [3.8, 4) is 6.07 Å². The first-order chi connectivity index (χ1) is 11.6. The van der Waals surface area contributed by atoms with Gasteiger partial charge in [-0.2, -0.15) is 5.26 Å². The van der Waals surface area contributed by atoms with E-state index in [0.717, 1.165) is 24.1 Å². The van der Waals surface area contributed by atoms with Crippen LogP contribution in [0, 0.1) is 17.1 Å². The Morgan fingerprint density at radius 2 is 2.12 bits per heavy atom. The van der Waals surface area contributed by atoms with Crippen LogP contribution in [0.1, 0.15) is 45.9 Å². The van der Waals surface area contributed by atoms with Gasteiger partial charge in [0.2, 0.25) is 0 Å². The van der Waals surface area contributed by atoms with Crippen molar-refractivity contribution in [1.82, 2.24) is 10.3 Å². The van der Waals surface area contributed by atoms with Crippen LogP contribution in [0.25, 0.3) is 0 Å². The van der Waals surface area contributed by atoms with E-state index < -0.39 is 0 Å². The molecule has 0 aliphatic heterocycles. The SMILES string of the molecule is CSc1nc(C2CC2)cc(C(=O)NCc2ccc(F)cc2)c1C#N. The van der Waals surface area contributed by atoms with Gasteiger partial charge in [0, 0.05) is 18.2 Å². The molecule has 2 aromatic rings. The third-order valence-corrected chi connectivity index (χ3v) is 4.60. The molecule has 0 spiro atoms. The number of nitrogens with zero attached hydrogens (tertiary/aromatic N) is 2. The van der Waals surface area contributed by atoms with Crippen molar-refractivity contribution >= 4 is 17.7 Å². The first-order valence-corrected chi connectivity index (χ1v) is 8.86. The van der Waals surface area contributed by atoms with Crippen LogP contribution >= 0.6 is 11.8 Å². The van der Waals surface area contributed by atoms with E-state index in [0.29, 0.717) is 22.1 Å². The maximum absolute atomic E-state index is 12.9. The summed E-state index contributed by atoms with van der Waals surface area (Å²) in [5.41, 5.74) is 2.35. The predicted octanol–water partition coefficient (Wildman–Crippen LogP) is 3.62. The summed E-state index contributed by atoms with van der Waals surface area (Å²) in [6, 6.07) is 9.77. The molecule has 0 atom stereocenters. The lowest BCUT2D eigenvalue weighted by molar-refractivity contribution is 0.0950. The largest absolute Gasteiger partial charge is 0.348 e. The molecular formula is C18H16FN3OS. The zero-order valence-electron chi connectivity index (χ0n) is 13.2. The maximum atomic E-state index is 12.9. The molecule has 1 fully saturated rings. The Labute approximate surface area is 144 Å². The topological polar surface area (TPSA) is 65.8 Å². The molecule has 1 N–H and O–H groups in total. The Morgan fingerprint density at radius 1 is 1.42 bits per heavy atom. The smallest absolute Gasteiger partial charge is 0.253 e. The van der Waals surface area contributed by atoms with E-state index in [1.807, 2.05) is 6.26 Å². The minimum atomic E-state index is -0.315. The van der Waals surface area contributed by atoms with E-state index >= 15 is 0 Å². The zero-order valence-corrected chi connectivity index (χ0v) is 14.0. The minimum absolute atomic E-state index is 0.277. The van der Waals surface area contributed by atoms with E-state index in [2.05, 4.69) is 16.4 Å². The molecule has 4 nitrogen and oxygen atoms in total. The van der Waals surface area contributed by atoms with Crippen molar-refractivity contribution in [2.24, 2.45) is 0 Å². The summed E-state index contributed by atoms with van der Waals surface area (Å²) >= 11 is 1.37. The van der Waals surface area contributed by atoms with Crippen LogP contribution in [-0.4, -0.2) is 17.1 Å². The van der Waals surface area contributed by atoms with Crippen molar-refractivity contribution in [2.75, 3.05) is 6.26 Å². The number of nitriles is 1. The van der Waals surface area contributed by atoms with Crippen LogP contribution in [-0.2, 0) is 6.54 Å². The minimum Gasteiger partial charge on any atom is -0.348 e. The van der Waals surface area contributed by atoms with E-state index in [9.17, 15) is 14.4 Å². The second kappa shape index (κ2) is 7.02. The number of hydrogen-bond acceptors (Lipinski definition) is 4. The molecule has 1 heterocycles. The Morgan fingerprint density at radius 3 is 2.71 bits per heavy atom. The maximum Gasteiger partial charge on any atom is 0.253 e. The molecule has 0 saturated heterocycles. The molecule has 0 bridgehead atoms. The summed E-state index contributed by atoms with van der Waals surface area (Å²) in [4.78, 5) is 17.1. The van der Waals surface area contributed by atoms with Gasteiger partial charge in [0.05, 0.1) is 11.1 Å². The number of hydrogen-bond donors (Lipinski definition) is 1. The number of halogens is 1. The monoisotopic (exact) mass is 341 g/mol. The van der Waals surface area contributed by atoms with Crippen LogP contribution in [0.4, 0.5) is 4.39 Å². The summed E-state index contributed by atoms with van der Waals surface area (Å²) in [5, 5.41) is 12.8. The van der Waals surface area contributed by atoms with Gasteiger partial charge in [-0.1, -0.05) is 12.1 Å². The summed E-state index contributed by atoms with van der Waals surface area (Å²) in [5.74, 6) is -0.229. The molecule has 6 heteroatoms. The first kappa shape index (κ1) is 16.5. The third-order valence-electron chi connectivity index (χ3n) is 3.92. The highest BCUT2D eigenvalue weighted by Gasteiger charge is 2.28. The number of thioether (sulfide) groups is 1. The Balaban J connectivity index is 1.83. The van der Waals surface area contributed by atoms with Crippen LogP contribution in [0.15, 0.2) is 35.4 Å². The highest BCUT2D eigenvalue weighted by Crippen LogP contribution is 2.40. The van der Waals surface area contributed by atoms with Gasteiger partial charge in [-0.3, -0.25) is 4.79 Å². The molecule has 1 aliphatic carbocycles. The Hall–Kier alpha value is -2.39. The molecule has 122 valence electrons. The summed E-state index contributed by atoms with van der Waals surface area (Å²) in [6.45, 7) is 0.277. The van der Waals surface area contributed by atoms with Gasteiger partial charge in [0.15, 0.2) is 0 Å². The quantitative estimate of drug-likeness (QED) is 0.844. The number of benzene rings is 1. The lowest BCUT2D eigenvalue weighted by atomic mass is 10.1. The summed E-state index contributed by atoms with van der Waals surface area (Å²) < 4.78 is 12.9. The average Bonchev–Trinajstić information content (AvgIpc) is 3.44. The van der Waals surface area contributed by atoms with E-state index in [4.69, 9.17) is 0 Å². The van der Waals surface area contributed by atoms with Gasteiger partial charge < -0.3 is 5.32 Å². The van der Waals surface area contributed by atoms with Gasteiger partial charge in [-0.25, -0.2) is 9.37 Å². The Kier molecular flexibility index (Phi) is 4.81. The number of rotatable bonds is 5. The average molecular weight is 341 g/mol. The number of carbonyl (C=O) groups excluding carboxylic acids is 1. The normalized spacial score (nSPS) is 13.4. The van der Waals surface area contributed by atoms with Crippen LogP contribution in [0.5, 0.6) is 0 Å². The molecule has 1 aromatic carbocycles. The van der Waals surface area contributed by atoms with Crippen LogP contribution < -0.4 is 5.32 Å². The molecule has 1 amide bonds. The van der Waals surface area contributed by atoms with E-state index in [-0.39, 0.29) is 18.3 Å². The van der Waals surface area contributed by atoms with Gasteiger partial charge in [-0.05, 0) is 42.9 Å². The lowest BCUT2D eigenvalue weighted by Crippen LogP contribution is -2.24. The number of carbonyl (C=O) groups is 1. The molecular weight excluding hydrogens is 325 g/mol. The van der Waals surface area contributed by atoms with Gasteiger partial charge >= 0.3 is 0 Å². The zero-order chi connectivity index (χ0) is 17.1. The predicted molar refractivity (Wildman–Crippen MR) is 90.3 cm³/mol. The highest BCUT2D eigenvalue weighted by atomic mass is 32.2. The molecule has 3 rings (SSSR count). The molecule has 1 aromatic heterocycles. The molecule has 1 aliphatic rings. The fraction of sp³-hybridized carbons (Fsp3) is 0.278. The van der Waals surface area contributed by atoms with Crippen molar-refractivity contribution in [1.29, 1.82) is 5.26 Å². The Bertz CT molecular complexity index is 810. The molecule has 0 radical (unpaired) electrons. The number of amides is 1. The highest BCUT2D eigenvalue weighted by molar-refractivity contribution is 7.98. The van der Waals surface area contributed by atoms with Crippen molar-refractivity contribution in [3.63, 3.8) is 0 Å². The summed E-state index contributed by atoms with van der Waals surface area (Å²) in [6.07, 6.45) is 3.99. The number of aromatic nitrogens is 1. The second-order valence-electron chi connectivity index (χ2n) is 5.67. The van der Waals surface area contributed by atoms with Crippen molar-refractivity contribution < 1.29 is 9.18 Å². The second-order valence-corrected chi connectivity index (χ2v) is 6.47. The number of pyridine rings is 1. The van der Waals surface area contributed by atoms with Crippen molar-refractivity contribution in [2.45, 2.75) is 30.3 Å². The van der Waals surface area contributed by atoms with Crippen LogP contribution in [0.3, 0.4) is 0 Å². The molecule has 0 unspecified atom stereocenters. The van der Waals surface area contributed by atoms with E-state index in [1.165, 1.54) is 23.9 Å². The molecule has 1 saturated carbocycles. The molecule has 24 heavy (non-hydrogen) atoms.